The molecule has 2 saturated heterocycles. The molecule has 2 rings (SSSR count). The smallest absolute Gasteiger partial charge is 0.326 e. The van der Waals surface area contributed by atoms with Crippen molar-refractivity contribution in [1.29, 1.82) is 0 Å². The maximum absolute atomic E-state index is 13.1. The Morgan fingerprint density at radius 3 is 1.87 bits per heavy atom. The van der Waals surface area contributed by atoms with Crippen LogP contribution in [0.2, 0.25) is 0 Å². The highest BCUT2D eigenvalue weighted by Gasteiger charge is 2.50. The number of carbonyl (C=O) groups is 9. The summed E-state index contributed by atoms with van der Waals surface area (Å²) in [5, 5.41) is 103. The van der Waals surface area contributed by atoms with E-state index in [1.165, 1.54) is 20.8 Å². The molecule has 0 aliphatic carbocycles. The van der Waals surface area contributed by atoms with Crippen LogP contribution in [0.1, 0.15) is 66.2 Å². The maximum Gasteiger partial charge on any atom is 0.326 e. The van der Waals surface area contributed by atoms with Crippen LogP contribution in [0.15, 0.2) is 0 Å². The summed E-state index contributed by atoms with van der Waals surface area (Å²) in [4.78, 5) is 109. The fraction of sp³-hybridized carbons (Fsp3) is 0.763. The maximum atomic E-state index is 13.1. The molecule has 2 fully saturated rings. The lowest BCUT2D eigenvalue weighted by Crippen LogP contribution is -2.67. The average molecular weight is 970 g/mol. The van der Waals surface area contributed by atoms with Crippen LogP contribution in [0, 0.1) is 5.92 Å². The van der Waals surface area contributed by atoms with Gasteiger partial charge in [0.15, 0.2) is 18.9 Å². The molecule has 382 valence electrons. The molecule has 0 aromatic heterocycles. The summed E-state index contributed by atoms with van der Waals surface area (Å²) in [6.45, 7) is 3.56. The normalized spacial score (nSPS) is 27.7. The van der Waals surface area contributed by atoms with Gasteiger partial charge < -0.3 is 103 Å². The number of hydrogen-bond donors (Lipinski definition) is 16. The summed E-state index contributed by atoms with van der Waals surface area (Å²) >= 11 is 0. The van der Waals surface area contributed by atoms with Crippen molar-refractivity contribution in [2.75, 3.05) is 19.8 Å². The van der Waals surface area contributed by atoms with E-state index in [4.69, 9.17) is 34.9 Å². The number of nitrogens with two attached hydrogens (primary N) is 1. The Hall–Kier alpha value is -5.21. The second-order valence-electron chi connectivity index (χ2n) is 16.0. The number of nitrogens with one attached hydrogen (secondary N) is 6. The largest absolute Gasteiger partial charge is 0.481 e. The van der Waals surface area contributed by atoms with E-state index in [1.807, 2.05) is 0 Å². The van der Waals surface area contributed by atoms with Crippen molar-refractivity contribution in [2.45, 2.75) is 158 Å². The second kappa shape index (κ2) is 27.6. The van der Waals surface area contributed by atoms with Gasteiger partial charge in [0.25, 0.3) is 0 Å². The predicted octanol–water partition coefficient (Wildman–Crippen LogP) is -7.05. The fourth-order valence-corrected chi connectivity index (χ4v) is 6.56. The third-order valence-electron chi connectivity index (χ3n) is 10.5. The van der Waals surface area contributed by atoms with Crippen LogP contribution in [0.25, 0.3) is 0 Å². The lowest BCUT2D eigenvalue weighted by atomic mass is 9.97. The first-order chi connectivity index (χ1) is 31.3. The van der Waals surface area contributed by atoms with Crippen molar-refractivity contribution < 1.29 is 108 Å². The van der Waals surface area contributed by atoms with Crippen LogP contribution in [0.5, 0.6) is 0 Å². The van der Waals surface area contributed by atoms with Crippen molar-refractivity contribution >= 4 is 53.4 Å². The highest BCUT2D eigenvalue weighted by atomic mass is 16.8. The lowest BCUT2D eigenvalue weighted by molar-refractivity contribution is -0.373. The molecule has 29 nitrogen and oxygen atoms in total. The number of carboxylic acid groups (broad SMARTS) is 4. The molecule has 0 bridgehead atoms. The molecule has 2 heterocycles. The topological polar surface area (TPSA) is 471 Å². The van der Waals surface area contributed by atoms with E-state index in [2.05, 4.69) is 31.9 Å². The van der Waals surface area contributed by atoms with Gasteiger partial charge in [0.05, 0.1) is 37.6 Å². The van der Waals surface area contributed by atoms with Gasteiger partial charge in [-0.05, 0) is 46.1 Å². The van der Waals surface area contributed by atoms with Crippen LogP contribution in [0.4, 0.5) is 0 Å². The third kappa shape index (κ3) is 18.4. The van der Waals surface area contributed by atoms with Gasteiger partial charge in [-0.25, -0.2) is 9.59 Å². The monoisotopic (exact) mass is 969 g/mol. The van der Waals surface area contributed by atoms with Gasteiger partial charge in [-0.15, -0.1) is 0 Å². The number of aliphatic carboxylic acids is 4. The van der Waals surface area contributed by atoms with Crippen LogP contribution >= 0.6 is 0 Å². The summed E-state index contributed by atoms with van der Waals surface area (Å²) < 4.78 is 22.0. The third-order valence-corrected chi connectivity index (χ3v) is 10.5. The van der Waals surface area contributed by atoms with Crippen LogP contribution in [-0.2, 0) is 62.1 Å². The first kappa shape index (κ1) is 57.9. The number of hydrogen-bond acceptors (Lipinski definition) is 20. The zero-order valence-electron chi connectivity index (χ0n) is 37.0. The summed E-state index contributed by atoms with van der Waals surface area (Å²) in [5.74, 6) is -11.1. The molecule has 0 aromatic carbocycles. The Bertz CT molecular complexity index is 1730. The minimum atomic E-state index is -1.90. The fourth-order valence-electron chi connectivity index (χ4n) is 6.56. The SMILES string of the molecule is CC(=O)N[C@@H]1[C@H](OCC(C)C(=O)N[C@@H](C)C(=O)N[C@H](CCC(=O)N[C@@H](CCCCN[C@H](CC(=O)O)C(=O)N[C@H](C)C(=O)O)C(=O)O)C(=O)O)[C@H](O)[C@@H](O[C@@H]2O[C@H](CO)[C@@H](O)[C@H](O)[C@H]2N)O[C@@H]1O. The molecule has 1 unspecified atom stereocenters. The molecule has 0 spiro atoms. The predicted molar refractivity (Wildman–Crippen MR) is 219 cm³/mol. The van der Waals surface area contributed by atoms with Gasteiger partial charge in [0.2, 0.25) is 29.5 Å². The van der Waals surface area contributed by atoms with Gasteiger partial charge in [0.1, 0.15) is 60.7 Å². The van der Waals surface area contributed by atoms with E-state index in [1.54, 1.807) is 0 Å². The zero-order chi connectivity index (χ0) is 50.9. The Morgan fingerprint density at radius 2 is 1.30 bits per heavy atom. The molecular weight excluding hydrogens is 906 g/mol. The molecule has 5 amide bonds. The summed E-state index contributed by atoms with van der Waals surface area (Å²) in [7, 11) is 0. The van der Waals surface area contributed by atoms with Gasteiger partial charge in [-0.2, -0.15) is 0 Å². The minimum Gasteiger partial charge on any atom is -0.481 e. The number of aliphatic hydroxyl groups is 5. The van der Waals surface area contributed by atoms with Crippen molar-refractivity contribution in [2.24, 2.45) is 11.7 Å². The Balaban J connectivity index is 1.93. The number of carbonyl (C=O) groups excluding carboxylic acids is 5. The molecule has 17 N–H and O–H groups in total. The van der Waals surface area contributed by atoms with Gasteiger partial charge >= 0.3 is 23.9 Å². The Morgan fingerprint density at radius 1 is 0.687 bits per heavy atom. The first-order valence-electron chi connectivity index (χ1n) is 21.1. The standard InChI is InChI=1S/C38H63N7O22/c1-14(13-64-29-25(43-17(4)47)36(63)66-38(28(29)53)67-37-24(39)27(52)26(51)21(12-46)65-37)30(54)41-15(2)31(55)45-19(35(61)62)8-9-22(48)44-18(34(59)60)7-5-6-10-40-20(11-23(49)50)32(56)42-16(3)33(57)58/h14-16,18-21,24-29,36-38,40,46,51-53,63H,5-13,39H2,1-4H3,(H,41,54)(H,42,56)(H,43,47)(H,44,48)(H,45,55)(H,49,50)(H,57,58)(H,59,60)(H,61,62)/t14?,15-,16+,18-,19+,20+,21+,24+,25+,26+,27+,28-,29-,36-,37-,38+/m0/s1. The number of carboxylic acids is 4. The average Bonchev–Trinajstić information content (AvgIpc) is 3.24. The van der Waals surface area contributed by atoms with Crippen LogP contribution in [0.3, 0.4) is 0 Å². The van der Waals surface area contributed by atoms with Crippen LogP contribution < -0.4 is 37.6 Å². The molecule has 0 saturated carbocycles. The van der Waals surface area contributed by atoms with Crippen molar-refractivity contribution in [3.05, 3.63) is 0 Å². The zero-order valence-corrected chi connectivity index (χ0v) is 37.0. The van der Waals surface area contributed by atoms with E-state index in [-0.39, 0.29) is 25.8 Å². The molecule has 16 atom stereocenters. The van der Waals surface area contributed by atoms with Gasteiger partial charge in [-0.3, -0.25) is 33.6 Å². The summed E-state index contributed by atoms with van der Waals surface area (Å²) in [5.41, 5.74) is 5.90. The highest BCUT2D eigenvalue weighted by Crippen LogP contribution is 2.28. The quantitative estimate of drug-likeness (QED) is 0.0324. The Labute approximate surface area is 382 Å². The second-order valence-corrected chi connectivity index (χ2v) is 16.0. The molecule has 2 aliphatic rings. The minimum absolute atomic E-state index is 0.0172. The number of aliphatic hydroxyl groups excluding tert-OH is 5. The van der Waals surface area contributed by atoms with Gasteiger partial charge in [0, 0.05) is 13.3 Å². The van der Waals surface area contributed by atoms with Crippen molar-refractivity contribution in [3.8, 4) is 0 Å². The Kier molecular flexibility index (Phi) is 23.8. The van der Waals surface area contributed by atoms with E-state index < -0.39 is 183 Å². The summed E-state index contributed by atoms with van der Waals surface area (Å²) in [6, 6.07) is -9.95. The molecule has 0 radical (unpaired) electrons. The van der Waals surface area contributed by atoms with E-state index in [0.29, 0.717) is 0 Å². The number of ether oxygens (including phenoxy) is 4. The first-order valence-corrected chi connectivity index (χ1v) is 21.1. The molecule has 0 aromatic rings. The highest BCUT2D eigenvalue weighted by molar-refractivity contribution is 5.91. The van der Waals surface area contributed by atoms with E-state index >= 15 is 0 Å². The number of amides is 5. The van der Waals surface area contributed by atoms with Crippen LogP contribution in [-0.4, -0.2) is 211 Å². The lowest BCUT2D eigenvalue weighted by Gasteiger charge is -2.46. The summed E-state index contributed by atoms with van der Waals surface area (Å²) in [6.07, 6.45) is -14.8. The van der Waals surface area contributed by atoms with Crippen molar-refractivity contribution in [3.63, 3.8) is 0 Å². The molecule has 2 aliphatic heterocycles. The van der Waals surface area contributed by atoms with Crippen molar-refractivity contribution in [1.82, 2.24) is 31.9 Å². The van der Waals surface area contributed by atoms with E-state index in [9.17, 15) is 78.9 Å². The molecule has 29 heteroatoms. The number of unbranched alkanes of at least 4 members (excludes halogenated alkanes) is 1. The molecular formula is C38H63N7O22. The number of rotatable bonds is 28. The van der Waals surface area contributed by atoms with E-state index in [0.717, 1.165) is 6.92 Å². The van der Waals surface area contributed by atoms with Gasteiger partial charge in [-0.1, -0.05) is 6.92 Å². The molecule has 67 heavy (non-hydrogen) atoms.